The second kappa shape index (κ2) is 12.4. The molecule has 10 nitrogen and oxygen atoms in total. The van der Waals surface area contributed by atoms with Crippen molar-refractivity contribution in [2.45, 2.75) is 38.4 Å². The number of aldehydes is 1. The van der Waals surface area contributed by atoms with Gasteiger partial charge in [0, 0.05) is 19.2 Å². The van der Waals surface area contributed by atoms with E-state index in [1.165, 1.54) is 13.2 Å². The Morgan fingerprint density at radius 2 is 1.72 bits per heavy atom. The van der Waals surface area contributed by atoms with Gasteiger partial charge in [0.1, 0.15) is 23.3 Å². The smallest absolute Gasteiger partial charge is 0.309 e. The molecule has 0 spiro atoms. The summed E-state index contributed by atoms with van der Waals surface area (Å²) in [4.78, 5) is 58.4. The Morgan fingerprint density at radius 1 is 1.07 bits per heavy atom. The molecular formula is C18H24N4O6S. The number of nitrogens with one attached hydrogen (secondary N) is 4. The Hall–Kier alpha value is -3.08. The Morgan fingerprint density at radius 3 is 2.31 bits per heavy atom. The van der Waals surface area contributed by atoms with Crippen LogP contribution >= 0.6 is 0 Å². The number of amides is 4. The number of carbonyl (C=O) groups is 5. The quantitative estimate of drug-likeness (QED) is 0.270. The largest absolute Gasteiger partial charge is 0.345 e. The summed E-state index contributed by atoms with van der Waals surface area (Å²) in [5.74, 6) is -3.10. The molecule has 0 aliphatic rings. The maximum atomic E-state index is 12.1. The highest BCUT2D eigenvalue weighted by Crippen LogP contribution is 1.98. The third-order valence-corrected chi connectivity index (χ3v) is 4.19. The number of carbonyl (C=O) groups excluding carboxylic acids is 5. The lowest BCUT2D eigenvalue weighted by Crippen LogP contribution is -2.51. The summed E-state index contributed by atoms with van der Waals surface area (Å²) < 4.78 is 13.1. The van der Waals surface area contributed by atoms with Crippen LogP contribution in [0.5, 0.6) is 0 Å². The molecule has 0 aliphatic heterocycles. The minimum Gasteiger partial charge on any atom is -0.345 e. The molecule has 0 saturated heterocycles. The third kappa shape index (κ3) is 9.60. The molecule has 0 heterocycles. The van der Waals surface area contributed by atoms with E-state index in [-0.39, 0.29) is 19.4 Å². The number of hydrogen-bond donors (Lipinski definition) is 4. The zero-order chi connectivity index (χ0) is 21.8. The summed E-state index contributed by atoms with van der Waals surface area (Å²) in [6.07, 6.45) is 1.62. The Labute approximate surface area is 170 Å². The predicted octanol–water partition coefficient (Wildman–Crippen LogP) is -1.32. The van der Waals surface area contributed by atoms with Crippen LogP contribution in [-0.2, 0) is 41.5 Å². The molecule has 1 aromatic carbocycles. The zero-order valence-corrected chi connectivity index (χ0v) is 16.9. The van der Waals surface area contributed by atoms with Gasteiger partial charge in [0.15, 0.2) is 0 Å². The monoisotopic (exact) mass is 424 g/mol. The summed E-state index contributed by atoms with van der Waals surface area (Å²) in [5.41, 5.74) is 0.809. The van der Waals surface area contributed by atoms with E-state index >= 15 is 0 Å². The summed E-state index contributed by atoms with van der Waals surface area (Å²) >= 11 is 0. The number of benzene rings is 1. The minimum absolute atomic E-state index is 0.00347. The van der Waals surface area contributed by atoms with Crippen LogP contribution in [0.3, 0.4) is 0 Å². The molecular weight excluding hydrogens is 400 g/mol. The zero-order valence-electron chi connectivity index (χ0n) is 16.1. The minimum atomic E-state index is -1.52. The molecule has 3 unspecified atom stereocenters. The Bertz CT molecular complexity index is 771. The van der Waals surface area contributed by atoms with Crippen LogP contribution in [0.25, 0.3) is 0 Å². The van der Waals surface area contributed by atoms with E-state index in [2.05, 4.69) is 20.7 Å². The summed E-state index contributed by atoms with van der Waals surface area (Å²) in [6.45, 7) is 1.51. The highest BCUT2D eigenvalue weighted by Gasteiger charge is 2.22. The number of rotatable bonds is 10. The van der Waals surface area contributed by atoms with Gasteiger partial charge < -0.3 is 20.7 Å². The maximum absolute atomic E-state index is 12.1. The van der Waals surface area contributed by atoms with Gasteiger partial charge in [0.05, 0.1) is 6.04 Å². The van der Waals surface area contributed by atoms with Gasteiger partial charge in [-0.05, 0) is 18.9 Å². The molecule has 0 aromatic heterocycles. The topological polar surface area (TPSA) is 151 Å². The first-order valence-corrected chi connectivity index (χ1v) is 10.3. The highest BCUT2D eigenvalue weighted by atomic mass is 32.2. The van der Waals surface area contributed by atoms with Crippen molar-refractivity contribution in [2.75, 3.05) is 6.26 Å². The van der Waals surface area contributed by atoms with Crippen molar-refractivity contribution >= 4 is 40.9 Å². The van der Waals surface area contributed by atoms with Crippen molar-refractivity contribution in [3.63, 3.8) is 0 Å². The lowest BCUT2D eigenvalue weighted by atomic mass is 10.1. The lowest BCUT2D eigenvalue weighted by Gasteiger charge is -2.17. The van der Waals surface area contributed by atoms with Crippen LogP contribution in [0.4, 0.5) is 0 Å². The van der Waals surface area contributed by atoms with Crippen molar-refractivity contribution < 1.29 is 28.2 Å². The fraction of sp³-hybridized carbons (Fsp3) is 0.389. The Balaban J connectivity index is 2.43. The molecule has 3 atom stereocenters. The van der Waals surface area contributed by atoms with Crippen molar-refractivity contribution in [1.82, 2.24) is 20.7 Å². The van der Waals surface area contributed by atoms with Gasteiger partial charge >= 0.3 is 11.8 Å². The van der Waals surface area contributed by atoms with E-state index in [0.717, 1.165) is 5.56 Å². The van der Waals surface area contributed by atoms with E-state index in [1.54, 1.807) is 24.3 Å². The van der Waals surface area contributed by atoms with Gasteiger partial charge in [-0.2, -0.15) is 0 Å². The first-order chi connectivity index (χ1) is 13.7. The molecule has 0 saturated carbocycles. The van der Waals surface area contributed by atoms with E-state index < -0.39 is 46.7 Å². The molecule has 11 heteroatoms. The second-order valence-corrected chi connectivity index (χ2v) is 7.24. The van der Waals surface area contributed by atoms with E-state index in [0.29, 0.717) is 6.29 Å². The first-order valence-electron chi connectivity index (χ1n) is 8.74. The van der Waals surface area contributed by atoms with E-state index in [4.69, 9.17) is 0 Å². The second-order valence-electron chi connectivity index (χ2n) is 6.13. The molecule has 1 rings (SSSR count). The average molecular weight is 424 g/mol. The van der Waals surface area contributed by atoms with Crippen molar-refractivity contribution in [3.8, 4) is 0 Å². The van der Waals surface area contributed by atoms with Crippen molar-refractivity contribution in [1.29, 1.82) is 0 Å². The molecule has 0 fully saturated rings. The van der Waals surface area contributed by atoms with Crippen molar-refractivity contribution in [3.05, 3.63) is 35.9 Å². The van der Waals surface area contributed by atoms with Crippen LogP contribution in [0.2, 0.25) is 0 Å². The normalized spacial score (nSPS) is 13.3. The highest BCUT2D eigenvalue weighted by molar-refractivity contribution is 7.82. The average Bonchev–Trinajstić information content (AvgIpc) is 2.69. The molecule has 1 aromatic rings. The van der Waals surface area contributed by atoms with Crippen LogP contribution < -0.4 is 20.7 Å². The maximum Gasteiger partial charge on any atom is 0.309 e. The molecule has 0 radical (unpaired) electrons. The first kappa shape index (κ1) is 24.0. The standard InChI is InChI=1S/C18H24N4O6S/c1-12(16(25)21-14(11-23)8-9-15(24)22-29(2)28)20-18(27)17(26)19-10-13-6-4-3-5-7-13/h3-7,11-12,14H,8-10H2,1-2H3,(H,19,26)(H,20,27)(H,21,25)(H,22,24). The fourth-order valence-electron chi connectivity index (χ4n) is 2.17. The van der Waals surface area contributed by atoms with Crippen LogP contribution in [0.1, 0.15) is 25.3 Å². The SMILES string of the molecule is CC(NC(=O)C(=O)NCc1ccccc1)C(=O)NC(C=O)CCC(=O)NS(C)=O. The van der Waals surface area contributed by atoms with E-state index in [9.17, 15) is 28.2 Å². The molecule has 4 N–H and O–H groups in total. The fourth-order valence-corrected chi connectivity index (χ4v) is 2.59. The van der Waals surface area contributed by atoms with Gasteiger partial charge in [-0.3, -0.25) is 23.9 Å². The van der Waals surface area contributed by atoms with Gasteiger partial charge in [-0.15, -0.1) is 0 Å². The number of hydrogen-bond acceptors (Lipinski definition) is 6. The van der Waals surface area contributed by atoms with E-state index in [1.807, 2.05) is 6.07 Å². The van der Waals surface area contributed by atoms with Crippen molar-refractivity contribution in [2.24, 2.45) is 0 Å². The Kier molecular flexibility index (Phi) is 10.2. The molecule has 158 valence electrons. The third-order valence-electron chi connectivity index (χ3n) is 3.67. The van der Waals surface area contributed by atoms with Gasteiger partial charge in [-0.25, -0.2) is 4.21 Å². The van der Waals surface area contributed by atoms with Gasteiger partial charge in [0.2, 0.25) is 11.8 Å². The van der Waals surface area contributed by atoms with Gasteiger partial charge in [0.25, 0.3) is 0 Å². The molecule has 4 amide bonds. The summed E-state index contributed by atoms with van der Waals surface area (Å²) in [7, 11) is -1.52. The lowest BCUT2D eigenvalue weighted by molar-refractivity contribution is -0.140. The summed E-state index contributed by atoms with van der Waals surface area (Å²) in [5, 5.41) is 7.04. The molecule has 0 bridgehead atoms. The predicted molar refractivity (Wildman–Crippen MR) is 105 cm³/mol. The molecule has 0 aliphatic carbocycles. The van der Waals surface area contributed by atoms with Gasteiger partial charge in [-0.1, -0.05) is 30.3 Å². The molecule has 29 heavy (non-hydrogen) atoms. The van der Waals surface area contributed by atoms with Crippen LogP contribution in [-0.4, -0.2) is 52.5 Å². The van der Waals surface area contributed by atoms with Crippen LogP contribution in [0.15, 0.2) is 30.3 Å². The van der Waals surface area contributed by atoms with Crippen LogP contribution in [0, 0.1) is 0 Å². The summed E-state index contributed by atoms with van der Waals surface area (Å²) in [6, 6.07) is 6.93.